The maximum Gasteiger partial charge on any atom is 0.0314 e. The summed E-state index contributed by atoms with van der Waals surface area (Å²) in [5.74, 6) is 0.689. The van der Waals surface area contributed by atoms with E-state index in [4.69, 9.17) is 5.73 Å². The molecule has 96 valence electrons. The van der Waals surface area contributed by atoms with E-state index in [1.807, 2.05) is 12.1 Å². The number of rotatable bonds is 5. The van der Waals surface area contributed by atoms with Crippen molar-refractivity contribution in [1.29, 1.82) is 0 Å². The molecule has 0 spiro atoms. The maximum atomic E-state index is 5.65. The molecule has 17 heavy (non-hydrogen) atoms. The molecular formula is C15H26N2. The second kappa shape index (κ2) is 6.06. The summed E-state index contributed by atoms with van der Waals surface area (Å²) >= 11 is 0. The lowest BCUT2D eigenvalue weighted by atomic mass is 9.82. The van der Waals surface area contributed by atoms with Gasteiger partial charge in [0, 0.05) is 5.69 Å². The van der Waals surface area contributed by atoms with Crippen molar-refractivity contribution in [3.05, 3.63) is 29.8 Å². The Bertz CT molecular complexity index is 322. The second-order valence-electron chi connectivity index (χ2n) is 5.96. The number of benzene rings is 1. The first kappa shape index (κ1) is 14.0. The SMILES string of the molecule is CC(CNCCc1ccc(N)cc1)C(C)(C)C. The molecule has 3 N–H and O–H groups in total. The zero-order valence-corrected chi connectivity index (χ0v) is 11.6. The molecule has 1 aromatic rings. The van der Waals surface area contributed by atoms with Gasteiger partial charge in [-0.15, -0.1) is 0 Å². The van der Waals surface area contributed by atoms with E-state index in [0.717, 1.165) is 25.2 Å². The van der Waals surface area contributed by atoms with E-state index in [9.17, 15) is 0 Å². The smallest absolute Gasteiger partial charge is 0.0314 e. The van der Waals surface area contributed by atoms with Crippen LogP contribution in [0.5, 0.6) is 0 Å². The average Bonchev–Trinajstić information content (AvgIpc) is 2.25. The van der Waals surface area contributed by atoms with Crippen molar-refractivity contribution in [3.63, 3.8) is 0 Å². The lowest BCUT2D eigenvalue weighted by Crippen LogP contribution is -2.30. The molecule has 1 rings (SSSR count). The second-order valence-corrected chi connectivity index (χ2v) is 5.96. The highest BCUT2D eigenvalue weighted by molar-refractivity contribution is 5.39. The first-order valence-electron chi connectivity index (χ1n) is 6.44. The van der Waals surface area contributed by atoms with E-state index in [1.165, 1.54) is 5.56 Å². The van der Waals surface area contributed by atoms with Crippen LogP contribution in [0, 0.1) is 11.3 Å². The standard InChI is InChI=1S/C15H26N2/c1-12(15(2,3)4)11-17-10-9-13-5-7-14(16)8-6-13/h5-8,12,17H,9-11,16H2,1-4H3. The van der Waals surface area contributed by atoms with Gasteiger partial charge in [-0.05, 0) is 48.5 Å². The van der Waals surface area contributed by atoms with Crippen molar-refractivity contribution in [2.45, 2.75) is 34.1 Å². The van der Waals surface area contributed by atoms with Crippen LogP contribution in [0.3, 0.4) is 0 Å². The van der Waals surface area contributed by atoms with Crippen LogP contribution >= 0.6 is 0 Å². The minimum atomic E-state index is 0.383. The Balaban J connectivity index is 2.23. The summed E-state index contributed by atoms with van der Waals surface area (Å²) in [5.41, 5.74) is 8.22. The number of nitrogens with one attached hydrogen (secondary N) is 1. The summed E-state index contributed by atoms with van der Waals surface area (Å²) in [6.07, 6.45) is 1.07. The van der Waals surface area contributed by atoms with E-state index in [1.54, 1.807) is 0 Å². The predicted octanol–water partition coefficient (Wildman–Crippen LogP) is 3.08. The fourth-order valence-electron chi connectivity index (χ4n) is 1.54. The minimum Gasteiger partial charge on any atom is -0.399 e. The number of hydrogen-bond donors (Lipinski definition) is 2. The molecule has 0 bridgehead atoms. The molecule has 0 aliphatic rings. The third kappa shape index (κ3) is 5.22. The lowest BCUT2D eigenvalue weighted by molar-refractivity contribution is 0.253. The van der Waals surface area contributed by atoms with E-state index in [0.29, 0.717) is 11.3 Å². The molecule has 0 aromatic heterocycles. The van der Waals surface area contributed by atoms with Gasteiger partial charge in [-0.1, -0.05) is 39.8 Å². The first-order valence-corrected chi connectivity index (χ1v) is 6.44. The number of nitrogen functional groups attached to an aromatic ring is 1. The van der Waals surface area contributed by atoms with Crippen LogP contribution in [-0.2, 0) is 6.42 Å². The van der Waals surface area contributed by atoms with Crippen molar-refractivity contribution in [1.82, 2.24) is 5.32 Å². The van der Waals surface area contributed by atoms with Gasteiger partial charge in [-0.25, -0.2) is 0 Å². The van der Waals surface area contributed by atoms with Crippen molar-refractivity contribution in [2.75, 3.05) is 18.8 Å². The number of anilines is 1. The lowest BCUT2D eigenvalue weighted by Gasteiger charge is -2.27. The summed E-state index contributed by atoms with van der Waals surface area (Å²) in [7, 11) is 0. The Labute approximate surface area is 106 Å². The summed E-state index contributed by atoms with van der Waals surface area (Å²) in [6.45, 7) is 11.3. The molecular weight excluding hydrogens is 208 g/mol. The fraction of sp³-hybridized carbons (Fsp3) is 0.600. The molecule has 0 fully saturated rings. The largest absolute Gasteiger partial charge is 0.399 e. The number of nitrogens with two attached hydrogens (primary N) is 1. The molecule has 0 amide bonds. The summed E-state index contributed by atoms with van der Waals surface area (Å²) in [5, 5.41) is 3.52. The van der Waals surface area contributed by atoms with Crippen molar-refractivity contribution in [3.8, 4) is 0 Å². The molecule has 0 aliphatic heterocycles. The van der Waals surface area contributed by atoms with Gasteiger partial charge in [0.05, 0.1) is 0 Å². The molecule has 2 heteroatoms. The highest BCUT2D eigenvalue weighted by Gasteiger charge is 2.18. The molecule has 0 heterocycles. The highest BCUT2D eigenvalue weighted by Crippen LogP contribution is 2.24. The van der Waals surface area contributed by atoms with Gasteiger partial charge in [0.25, 0.3) is 0 Å². The average molecular weight is 234 g/mol. The zero-order valence-electron chi connectivity index (χ0n) is 11.6. The number of hydrogen-bond acceptors (Lipinski definition) is 2. The Hall–Kier alpha value is -1.02. The molecule has 0 radical (unpaired) electrons. The van der Waals surface area contributed by atoms with Crippen LogP contribution in [-0.4, -0.2) is 13.1 Å². The normalized spacial score (nSPS) is 13.6. The minimum absolute atomic E-state index is 0.383. The van der Waals surface area contributed by atoms with E-state index < -0.39 is 0 Å². The molecule has 2 nitrogen and oxygen atoms in total. The Morgan fingerprint density at radius 3 is 2.29 bits per heavy atom. The van der Waals surface area contributed by atoms with Crippen LogP contribution in [0.1, 0.15) is 33.3 Å². The molecule has 0 saturated heterocycles. The zero-order chi connectivity index (χ0) is 12.9. The summed E-state index contributed by atoms with van der Waals surface area (Å²) < 4.78 is 0. The van der Waals surface area contributed by atoms with Gasteiger partial charge < -0.3 is 11.1 Å². The van der Waals surface area contributed by atoms with Gasteiger partial charge in [-0.3, -0.25) is 0 Å². The van der Waals surface area contributed by atoms with Gasteiger partial charge in [0.1, 0.15) is 0 Å². The molecule has 1 atom stereocenters. The van der Waals surface area contributed by atoms with Crippen LogP contribution in [0.25, 0.3) is 0 Å². The summed E-state index contributed by atoms with van der Waals surface area (Å²) in [4.78, 5) is 0. The van der Waals surface area contributed by atoms with E-state index in [2.05, 4.69) is 45.1 Å². The predicted molar refractivity (Wildman–Crippen MR) is 76.0 cm³/mol. The van der Waals surface area contributed by atoms with Crippen LogP contribution in [0.15, 0.2) is 24.3 Å². The van der Waals surface area contributed by atoms with E-state index in [-0.39, 0.29) is 0 Å². The van der Waals surface area contributed by atoms with Crippen LogP contribution in [0.4, 0.5) is 5.69 Å². The quantitative estimate of drug-likeness (QED) is 0.607. The molecule has 1 unspecified atom stereocenters. The Morgan fingerprint density at radius 2 is 1.76 bits per heavy atom. The summed E-state index contributed by atoms with van der Waals surface area (Å²) in [6, 6.07) is 8.13. The third-order valence-corrected chi connectivity index (χ3v) is 3.50. The third-order valence-electron chi connectivity index (χ3n) is 3.50. The van der Waals surface area contributed by atoms with Crippen molar-refractivity contribution < 1.29 is 0 Å². The van der Waals surface area contributed by atoms with Gasteiger partial charge in [0.2, 0.25) is 0 Å². The fourth-order valence-corrected chi connectivity index (χ4v) is 1.54. The topological polar surface area (TPSA) is 38.0 Å². The van der Waals surface area contributed by atoms with Gasteiger partial charge in [0.15, 0.2) is 0 Å². The molecule has 1 aromatic carbocycles. The molecule has 0 saturated carbocycles. The van der Waals surface area contributed by atoms with Gasteiger partial charge >= 0.3 is 0 Å². The maximum absolute atomic E-state index is 5.65. The Kier molecular flexibility index (Phi) is 5.01. The van der Waals surface area contributed by atoms with Crippen molar-refractivity contribution >= 4 is 5.69 Å². The van der Waals surface area contributed by atoms with Crippen LogP contribution in [0.2, 0.25) is 0 Å². The van der Waals surface area contributed by atoms with Crippen molar-refractivity contribution in [2.24, 2.45) is 11.3 Å². The highest BCUT2D eigenvalue weighted by atomic mass is 14.9. The van der Waals surface area contributed by atoms with E-state index >= 15 is 0 Å². The van der Waals surface area contributed by atoms with Crippen LogP contribution < -0.4 is 11.1 Å². The monoisotopic (exact) mass is 234 g/mol. The Morgan fingerprint density at radius 1 is 1.18 bits per heavy atom. The molecule has 0 aliphatic carbocycles. The van der Waals surface area contributed by atoms with Gasteiger partial charge in [-0.2, -0.15) is 0 Å². The first-order chi connectivity index (χ1) is 7.89.